The van der Waals surface area contributed by atoms with Gasteiger partial charge in [0, 0.05) is 12.0 Å². The van der Waals surface area contributed by atoms with Gasteiger partial charge in [0.25, 0.3) is 0 Å². The zero-order chi connectivity index (χ0) is 19.7. The molecule has 142 valence electrons. The molecule has 0 N–H and O–H groups in total. The molecule has 0 fully saturated rings. The highest BCUT2D eigenvalue weighted by molar-refractivity contribution is 7.88. The highest BCUT2D eigenvalue weighted by Gasteiger charge is 2.48. The molecule has 4 nitrogen and oxygen atoms in total. The van der Waals surface area contributed by atoms with Crippen LogP contribution in [0.25, 0.3) is 10.8 Å². The quantitative estimate of drug-likeness (QED) is 0.465. The molecule has 0 bridgehead atoms. The van der Waals surface area contributed by atoms with Crippen molar-refractivity contribution in [2.75, 3.05) is 7.11 Å². The van der Waals surface area contributed by atoms with Gasteiger partial charge < -0.3 is 8.92 Å². The molecule has 3 aromatic rings. The highest BCUT2D eigenvalue weighted by Crippen LogP contribution is 2.34. The van der Waals surface area contributed by atoms with E-state index >= 15 is 0 Å². The number of rotatable bonds is 5. The van der Waals surface area contributed by atoms with Gasteiger partial charge in [-0.3, -0.25) is 0 Å². The van der Waals surface area contributed by atoms with Crippen molar-refractivity contribution >= 4 is 20.9 Å². The molecule has 0 aliphatic carbocycles. The molecule has 0 saturated heterocycles. The summed E-state index contributed by atoms with van der Waals surface area (Å²) in [6.07, 6.45) is 0.205. The number of hydrogen-bond acceptors (Lipinski definition) is 4. The number of methoxy groups -OCH3 is 1. The first kappa shape index (κ1) is 19.0. The van der Waals surface area contributed by atoms with E-state index in [-0.39, 0.29) is 12.2 Å². The van der Waals surface area contributed by atoms with Crippen molar-refractivity contribution < 1.29 is 30.5 Å². The minimum absolute atomic E-state index is 0.205. The minimum atomic E-state index is -5.77. The fourth-order valence-corrected chi connectivity index (χ4v) is 3.11. The van der Waals surface area contributed by atoms with Crippen LogP contribution >= 0.6 is 0 Å². The Bertz CT molecular complexity index is 1060. The van der Waals surface area contributed by atoms with Crippen molar-refractivity contribution in [3.63, 3.8) is 0 Å². The molecule has 3 aromatic carbocycles. The molecule has 27 heavy (non-hydrogen) atoms. The van der Waals surface area contributed by atoms with Crippen LogP contribution in [0.4, 0.5) is 13.2 Å². The third kappa shape index (κ3) is 4.16. The van der Waals surface area contributed by atoms with E-state index in [1.54, 1.807) is 54.6 Å². The maximum atomic E-state index is 12.8. The Morgan fingerprint density at radius 2 is 1.63 bits per heavy atom. The second-order valence-electron chi connectivity index (χ2n) is 5.82. The smallest absolute Gasteiger partial charge is 0.497 e. The summed E-state index contributed by atoms with van der Waals surface area (Å²) in [5.41, 5.74) is -4.39. The van der Waals surface area contributed by atoms with Crippen molar-refractivity contribution in [2.24, 2.45) is 0 Å². The van der Waals surface area contributed by atoms with Gasteiger partial charge in [-0.25, -0.2) is 0 Å². The van der Waals surface area contributed by atoms with Crippen LogP contribution in [0, 0.1) is 0 Å². The summed E-state index contributed by atoms with van der Waals surface area (Å²) in [6.45, 7) is 0. The number of fused-ring (bicyclic) bond motifs is 1. The van der Waals surface area contributed by atoms with Crippen LogP contribution in [-0.4, -0.2) is 21.0 Å². The first-order valence-electron chi connectivity index (χ1n) is 7.85. The average Bonchev–Trinajstić information content (AvgIpc) is 2.61. The molecule has 0 unspecified atom stereocenters. The van der Waals surface area contributed by atoms with Gasteiger partial charge in [-0.2, -0.15) is 21.6 Å². The molecule has 0 atom stereocenters. The lowest BCUT2D eigenvalue weighted by molar-refractivity contribution is -0.0500. The molecule has 0 aliphatic heterocycles. The molecule has 0 radical (unpaired) electrons. The van der Waals surface area contributed by atoms with Gasteiger partial charge >= 0.3 is 15.6 Å². The monoisotopic (exact) mass is 396 g/mol. The molecule has 8 heteroatoms. The van der Waals surface area contributed by atoms with E-state index in [0.29, 0.717) is 22.1 Å². The van der Waals surface area contributed by atoms with E-state index in [2.05, 4.69) is 4.18 Å². The predicted octanol–water partition coefficient (Wildman–Crippen LogP) is 4.67. The second kappa shape index (κ2) is 7.11. The lowest BCUT2D eigenvalue weighted by atomic mass is 10.00. The lowest BCUT2D eigenvalue weighted by Crippen LogP contribution is -2.28. The fraction of sp³-hybridized carbons (Fsp3) is 0.158. The lowest BCUT2D eigenvalue weighted by Gasteiger charge is -2.15. The molecular weight excluding hydrogens is 381 g/mol. The highest BCUT2D eigenvalue weighted by atomic mass is 32.2. The fourth-order valence-electron chi connectivity index (χ4n) is 2.63. The second-order valence-corrected chi connectivity index (χ2v) is 7.36. The zero-order valence-corrected chi connectivity index (χ0v) is 15.0. The molecule has 0 aromatic heterocycles. The molecule has 0 spiro atoms. The summed E-state index contributed by atoms with van der Waals surface area (Å²) >= 11 is 0. The van der Waals surface area contributed by atoms with Gasteiger partial charge in [0.2, 0.25) is 0 Å². The summed E-state index contributed by atoms with van der Waals surface area (Å²) in [7, 11) is -4.27. The van der Waals surface area contributed by atoms with Gasteiger partial charge in [-0.05, 0) is 40.6 Å². The molecule has 3 rings (SSSR count). The molecule has 0 amide bonds. The van der Waals surface area contributed by atoms with Crippen molar-refractivity contribution in [3.8, 4) is 11.5 Å². The van der Waals surface area contributed by atoms with Crippen molar-refractivity contribution in [1.29, 1.82) is 0 Å². The van der Waals surface area contributed by atoms with Crippen molar-refractivity contribution in [1.82, 2.24) is 0 Å². The first-order valence-corrected chi connectivity index (χ1v) is 9.26. The number of hydrogen-bond donors (Lipinski definition) is 0. The van der Waals surface area contributed by atoms with E-state index in [1.807, 2.05) is 0 Å². The van der Waals surface area contributed by atoms with Crippen LogP contribution < -0.4 is 8.92 Å². The van der Waals surface area contributed by atoms with Crippen molar-refractivity contribution in [3.05, 3.63) is 71.8 Å². The Balaban J connectivity index is 2.12. The van der Waals surface area contributed by atoms with Crippen molar-refractivity contribution in [2.45, 2.75) is 11.9 Å². The predicted molar refractivity (Wildman–Crippen MR) is 95.4 cm³/mol. The van der Waals surface area contributed by atoms with E-state index in [0.717, 1.165) is 5.56 Å². The van der Waals surface area contributed by atoms with E-state index < -0.39 is 15.6 Å². The van der Waals surface area contributed by atoms with Gasteiger partial charge in [0.15, 0.2) is 0 Å². The molecule has 0 saturated carbocycles. The van der Waals surface area contributed by atoms with Gasteiger partial charge in [0.1, 0.15) is 11.5 Å². The van der Waals surface area contributed by atoms with Gasteiger partial charge in [0.05, 0.1) is 7.11 Å². The maximum absolute atomic E-state index is 12.8. The average molecular weight is 396 g/mol. The zero-order valence-electron chi connectivity index (χ0n) is 14.2. The van der Waals surface area contributed by atoms with E-state index in [1.165, 1.54) is 13.2 Å². The van der Waals surface area contributed by atoms with Crippen LogP contribution in [0.2, 0.25) is 0 Å². The summed E-state index contributed by atoms with van der Waals surface area (Å²) in [6, 6.07) is 16.8. The number of alkyl halides is 3. The Morgan fingerprint density at radius 1 is 0.926 bits per heavy atom. The normalized spacial score (nSPS) is 12.1. The SMILES string of the molecule is COc1ccc2cc(OS(=O)(=O)C(F)(F)F)c(Cc3ccccc3)cc2c1. The third-order valence-electron chi connectivity index (χ3n) is 3.95. The largest absolute Gasteiger partial charge is 0.534 e. The Kier molecular flexibility index (Phi) is 5.01. The number of ether oxygens (including phenoxy) is 1. The first-order chi connectivity index (χ1) is 12.7. The molecule has 0 heterocycles. The minimum Gasteiger partial charge on any atom is -0.497 e. The van der Waals surface area contributed by atoms with Crippen LogP contribution in [-0.2, 0) is 16.5 Å². The summed E-state index contributed by atoms with van der Waals surface area (Å²) in [5, 5.41) is 1.22. The van der Waals surface area contributed by atoms with Gasteiger partial charge in [-0.15, -0.1) is 0 Å². The Morgan fingerprint density at radius 3 is 2.26 bits per heavy atom. The number of benzene rings is 3. The Labute approximate surface area is 154 Å². The van der Waals surface area contributed by atoms with Crippen LogP contribution in [0.1, 0.15) is 11.1 Å². The summed E-state index contributed by atoms with van der Waals surface area (Å²) in [4.78, 5) is 0. The topological polar surface area (TPSA) is 52.6 Å². The summed E-state index contributed by atoms with van der Waals surface area (Å²) < 4.78 is 70.9. The number of halogens is 3. The third-order valence-corrected chi connectivity index (χ3v) is 4.91. The maximum Gasteiger partial charge on any atom is 0.534 e. The van der Waals surface area contributed by atoms with Crippen LogP contribution in [0.5, 0.6) is 11.5 Å². The molecular formula is C19H15F3O4S. The standard InChI is InChI=1S/C19H15F3O4S/c1-25-17-8-7-14-12-18(26-27(23,24)19(20,21)22)16(10-15(14)11-17)9-13-5-3-2-4-6-13/h2-8,10-12H,9H2,1H3. The van der Waals surface area contributed by atoms with Gasteiger partial charge in [-0.1, -0.05) is 36.4 Å². The van der Waals surface area contributed by atoms with Crippen LogP contribution in [0.3, 0.4) is 0 Å². The van der Waals surface area contributed by atoms with Crippen LogP contribution in [0.15, 0.2) is 60.7 Å². The molecule has 0 aliphatic rings. The summed E-state index contributed by atoms with van der Waals surface area (Å²) in [5.74, 6) is 0.221. The Hall–Kier alpha value is -2.74. The van der Waals surface area contributed by atoms with E-state index in [4.69, 9.17) is 4.74 Å². The van der Waals surface area contributed by atoms with E-state index in [9.17, 15) is 21.6 Å².